The molecular formula is C12H17NO. The van der Waals surface area contributed by atoms with Crippen molar-refractivity contribution in [1.82, 2.24) is 0 Å². The zero-order valence-corrected chi connectivity index (χ0v) is 8.59. The first kappa shape index (κ1) is 8.73. The van der Waals surface area contributed by atoms with E-state index in [1.807, 2.05) is 0 Å². The van der Waals surface area contributed by atoms with Gasteiger partial charge in [-0.15, -0.1) is 0 Å². The van der Waals surface area contributed by atoms with E-state index in [1.165, 1.54) is 25.7 Å². The van der Waals surface area contributed by atoms with Crippen molar-refractivity contribution in [2.45, 2.75) is 38.5 Å². The van der Waals surface area contributed by atoms with E-state index < -0.39 is 0 Å². The number of hydrogen-bond donors (Lipinski definition) is 0. The SMILES string of the molecule is N#CC1(C2(C3CCC3)COC2)CCC1. The maximum Gasteiger partial charge on any atom is 0.0697 e. The molecule has 2 nitrogen and oxygen atoms in total. The molecule has 76 valence electrons. The molecule has 0 amide bonds. The third kappa shape index (κ3) is 0.803. The largest absolute Gasteiger partial charge is 0.380 e. The molecule has 1 heterocycles. The normalized spacial score (nSPS) is 33.4. The van der Waals surface area contributed by atoms with Gasteiger partial charge in [-0.05, 0) is 31.6 Å². The van der Waals surface area contributed by atoms with Crippen molar-refractivity contribution in [3.05, 3.63) is 0 Å². The van der Waals surface area contributed by atoms with Crippen molar-refractivity contribution in [2.24, 2.45) is 16.7 Å². The number of ether oxygens (including phenoxy) is 1. The van der Waals surface area contributed by atoms with Crippen LogP contribution in [0.15, 0.2) is 0 Å². The first-order valence-electron chi connectivity index (χ1n) is 5.82. The first-order chi connectivity index (χ1) is 6.83. The fourth-order valence-electron chi connectivity index (χ4n) is 3.44. The van der Waals surface area contributed by atoms with E-state index in [2.05, 4.69) is 6.07 Å². The van der Waals surface area contributed by atoms with Gasteiger partial charge in [0, 0.05) is 5.41 Å². The van der Waals surface area contributed by atoms with Crippen molar-refractivity contribution in [3.8, 4) is 6.07 Å². The maximum absolute atomic E-state index is 9.40. The lowest BCUT2D eigenvalue weighted by molar-refractivity contribution is -0.232. The predicted octanol–water partition coefficient (Wildman–Crippen LogP) is 2.50. The van der Waals surface area contributed by atoms with Crippen molar-refractivity contribution in [1.29, 1.82) is 5.26 Å². The second-order valence-corrected chi connectivity index (χ2v) is 5.32. The molecule has 0 aromatic rings. The van der Waals surface area contributed by atoms with E-state index in [4.69, 9.17) is 4.74 Å². The van der Waals surface area contributed by atoms with Crippen LogP contribution in [-0.2, 0) is 4.74 Å². The van der Waals surface area contributed by atoms with Crippen LogP contribution in [0.3, 0.4) is 0 Å². The summed E-state index contributed by atoms with van der Waals surface area (Å²) in [5.41, 5.74) is 0.286. The van der Waals surface area contributed by atoms with E-state index in [9.17, 15) is 5.26 Å². The summed E-state index contributed by atoms with van der Waals surface area (Å²) >= 11 is 0. The van der Waals surface area contributed by atoms with Gasteiger partial charge in [-0.25, -0.2) is 0 Å². The molecule has 0 unspecified atom stereocenters. The van der Waals surface area contributed by atoms with E-state index in [1.54, 1.807) is 0 Å². The Labute approximate surface area is 85.2 Å². The Morgan fingerprint density at radius 2 is 1.86 bits per heavy atom. The maximum atomic E-state index is 9.40. The highest BCUT2D eigenvalue weighted by Gasteiger charge is 2.63. The van der Waals surface area contributed by atoms with Gasteiger partial charge in [-0.2, -0.15) is 5.26 Å². The number of nitrogens with zero attached hydrogens (tertiary/aromatic N) is 1. The molecule has 3 rings (SSSR count). The quantitative estimate of drug-likeness (QED) is 0.671. The first-order valence-corrected chi connectivity index (χ1v) is 5.82. The molecule has 0 spiro atoms. The fraction of sp³-hybridized carbons (Fsp3) is 0.917. The molecule has 2 aliphatic carbocycles. The summed E-state index contributed by atoms with van der Waals surface area (Å²) < 4.78 is 5.43. The minimum Gasteiger partial charge on any atom is -0.380 e. The number of rotatable bonds is 2. The summed E-state index contributed by atoms with van der Waals surface area (Å²) in [7, 11) is 0. The molecule has 2 saturated carbocycles. The Morgan fingerprint density at radius 3 is 2.07 bits per heavy atom. The van der Waals surface area contributed by atoms with Crippen LogP contribution in [0.2, 0.25) is 0 Å². The van der Waals surface area contributed by atoms with Crippen LogP contribution in [0.4, 0.5) is 0 Å². The van der Waals surface area contributed by atoms with Crippen LogP contribution < -0.4 is 0 Å². The summed E-state index contributed by atoms with van der Waals surface area (Å²) in [6, 6.07) is 2.63. The predicted molar refractivity (Wildman–Crippen MR) is 52.5 cm³/mol. The minimum absolute atomic E-state index is 0.0103. The Morgan fingerprint density at radius 1 is 1.14 bits per heavy atom. The Hall–Kier alpha value is -0.550. The number of nitriles is 1. The molecule has 0 N–H and O–H groups in total. The topological polar surface area (TPSA) is 33.0 Å². The van der Waals surface area contributed by atoms with E-state index in [-0.39, 0.29) is 10.8 Å². The van der Waals surface area contributed by atoms with Crippen LogP contribution in [0.25, 0.3) is 0 Å². The highest BCUT2D eigenvalue weighted by molar-refractivity contribution is 5.19. The molecule has 14 heavy (non-hydrogen) atoms. The molecule has 2 heteroatoms. The molecule has 3 fully saturated rings. The lowest BCUT2D eigenvalue weighted by atomic mass is 9.45. The monoisotopic (exact) mass is 191 g/mol. The molecule has 1 saturated heterocycles. The van der Waals surface area contributed by atoms with Gasteiger partial charge >= 0.3 is 0 Å². The zero-order chi connectivity index (χ0) is 9.65. The average Bonchev–Trinajstić information content (AvgIpc) is 1.94. The lowest BCUT2D eigenvalue weighted by Gasteiger charge is -2.61. The molecule has 0 atom stereocenters. The highest BCUT2D eigenvalue weighted by atomic mass is 16.5. The van der Waals surface area contributed by atoms with Gasteiger partial charge < -0.3 is 4.74 Å². The average molecular weight is 191 g/mol. The molecule has 3 aliphatic rings. The molecule has 0 aromatic carbocycles. The summed E-state index contributed by atoms with van der Waals surface area (Å²) in [5, 5.41) is 9.40. The lowest BCUT2D eigenvalue weighted by Crippen LogP contribution is -2.62. The van der Waals surface area contributed by atoms with Gasteiger partial charge in [0.05, 0.1) is 24.7 Å². The van der Waals surface area contributed by atoms with Gasteiger partial charge in [-0.1, -0.05) is 12.8 Å². The van der Waals surface area contributed by atoms with E-state index >= 15 is 0 Å². The van der Waals surface area contributed by atoms with Crippen LogP contribution in [0.5, 0.6) is 0 Å². The second-order valence-electron chi connectivity index (χ2n) is 5.32. The van der Waals surface area contributed by atoms with Crippen LogP contribution in [0, 0.1) is 28.1 Å². The molecule has 0 bridgehead atoms. The standard InChI is InChI=1S/C12H17NO/c13-7-11(5-2-6-11)12(8-14-9-12)10-3-1-4-10/h10H,1-6,8-9H2. The van der Waals surface area contributed by atoms with Crippen molar-refractivity contribution in [2.75, 3.05) is 13.2 Å². The summed E-state index contributed by atoms with van der Waals surface area (Å²) in [4.78, 5) is 0. The van der Waals surface area contributed by atoms with Crippen LogP contribution in [-0.4, -0.2) is 13.2 Å². The highest BCUT2D eigenvalue weighted by Crippen LogP contribution is 2.63. The summed E-state index contributed by atoms with van der Waals surface area (Å²) in [5.74, 6) is 0.802. The van der Waals surface area contributed by atoms with Crippen molar-refractivity contribution < 1.29 is 4.74 Å². The third-order valence-corrected chi connectivity index (χ3v) is 4.98. The van der Waals surface area contributed by atoms with E-state index in [0.29, 0.717) is 0 Å². The fourth-order valence-corrected chi connectivity index (χ4v) is 3.44. The van der Waals surface area contributed by atoms with E-state index in [0.717, 1.165) is 32.0 Å². The molecule has 0 aromatic heterocycles. The van der Waals surface area contributed by atoms with Gasteiger partial charge in [0.25, 0.3) is 0 Å². The number of hydrogen-bond acceptors (Lipinski definition) is 2. The third-order valence-electron chi connectivity index (χ3n) is 4.98. The van der Waals surface area contributed by atoms with Gasteiger partial charge in [-0.3, -0.25) is 0 Å². The molecule has 1 aliphatic heterocycles. The smallest absolute Gasteiger partial charge is 0.0697 e. The molecular weight excluding hydrogens is 174 g/mol. The van der Waals surface area contributed by atoms with Crippen molar-refractivity contribution in [3.63, 3.8) is 0 Å². The Balaban J connectivity index is 1.88. The van der Waals surface area contributed by atoms with Gasteiger partial charge in [0.15, 0.2) is 0 Å². The Kier molecular flexibility index (Phi) is 1.70. The second kappa shape index (κ2) is 2.73. The minimum atomic E-state index is 0.0103. The summed E-state index contributed by atoms with van der Waals surface area (Å²) in [6.45, 7) is 1.73. The van der Waals surface area contributed by atoms with Crippen molar-refractivity contribution >= 4 is 0 Å². The Bertz CT molecular complexity index is 279. The van der Waals surface area contributed by atoms with Crippen LogP contribution in [0.1, 0.15) is 38.5 Å². The van der Waals surface area contributed by atoms with Crippen LogP contribution >= 0.6 is 0 Å². The summed E-state index contributed by atoms with van der Waals surface area (Å²) in [6.07, 6.45) is 7.56. The van der Waals surface area contributed by atoms with Gasteiger partial charge in [0.1, 0.15) is 0 Å². The molecule has 0 radical (unpaired) electrons. The zero-order valence-electron chi connectivity index (χ0n) is 8.59. The van der Waals surface area contributed by atoms with Gasteiger partial charge in [0.2, 0.25) is 0 Å².